The zero-order chi connectivity index (χ0) is 16.5. The third-order valence-electron chi connectivity index (χ3n) is 3.72. The fraction of sp³-hybridized carbons (Fsp3) is 0.692. The van der Waals surface area contributed by atoms with Crippen LogP contribution in [0.25, 0.3) is 0 Å². The van der Waals surface area contributed by atoms with Crippen molar-refractivity contribution in [2.24, 2.45) is 0 Å². The number of amides is 1. The summed E-state index contributed by atoms with van der Waals surface area (Å²) < 4.78 is 32.1. The van der Waals surface area contributed by atoms with Crippen LogP contribution in [0.3, 0.4) is 0 Å². The van der Waals surface area contributed by atoms with Crippen LogP contribution in [0.1, 0.15) is 25.3 Å². The summed E-state index contributed by atoms with van der Waals surface area (Å²) in [6.45, 7) is 8.54. The van der Waals surface area contributed by atoms with Gasteiger partial charge in [0.1, 0.15) is 10.6 Å². The lowest BCUT2D eigenvalue weighted by atomic mass is 10.2. The largest absolute Gasteiger partial charge is 0.360 e. The molecular weight excluding hydrogens is 308 g/mol. The molecule has 8 nitrogen and oxygen atoms in total. The Balaban J connectivity index is 2.14. The van der Waals surface area contributed by atoms with Gasteiger partial charge in [0.2, 0.25) is 15.9 Å². The summed E-state index contributed by atoms with van der Waals surface area (Å²) in [5.74, 6) is -0.0236. The second-order valence-corrected chi connectivity index (χ2v) is 7.23. The normalized spacial score (nSPS) is 20.9. The smallest absolute Gasteiger partial charge is 0.246 e. The Morgan fingerprint density at radius 1 is 1.50 bits per heavy atom. The van der Waals surface area contributed by atoms with Crippen molar-refractivity contribution < 1.29 is 17.7 Å². The minimum atomic E-state index is -3.85. The monoisotopic (exact) mass is 330 g/mol. The number of nitrogens with one attached hydrogen (secondary N) is 2. The lowest BCUT2D eigenvalue weighted by Crippen LogP contribution is -2.57. The maximum atomic E-state index is 12.5. The molecule has 2 rings (SSSR count). The van der Waals surface area contributed by atoms with Gasteiger partial charge in [0.25, 0.3) is 0 Å². The molecule has 2 N–H and O–H groups in total. The molecule has 1 aromatic heterocycles. The number of aryl methyl sites for hydroxylation is 2. The van der Waals surface area contributed by atoms with Gasteiger partial charge >= 0.3 is 0 Å². The minimum absolute atomic E-state index is 0.000472. The minimum Gasteiger partial charge on any atom is -0.360 e. The molecule has 1 aliphatic rings. The van der Waals surface area contributed by atoms with Gasteiger partial charge in [-0.15, -0.1) is 0 Å². The van der Waals surface area contributed by atoms with Crippen LogP contribution in [0.2, 0.25) is 0 Å². The number of carbonyl (C=O) groups is 1. The fourth-order valence-corrected chi connectivity index (χ4v) is 4.14. The van der Waals surface area contributed by atoms with Gasteiger partial charge in [-0.3, -0.25) is 4.79 Å². The van der Waals surface area contributed by atoms with Gasteiger partial charge in [0, 0.05) is 25.7 Å². The third kappa shape index (κ3) is 3.31. The molecule has 2 heterocycles. The van der Waals surface area contributed by atoms with Gasteiger partial charge in [0.05, 0.1) is 6.04 Å². The van der Waals surface area contributed by atoms with Gasteiger partial charge < -0.3 is 14.7 Å². The number of hydrogen-bond acceptors (Lipinski definition) is 6. The Bertz CT molecular complexity index is 635. The fourth-order valence-electron chi connectivity index (χ4n) is 2.62. The summed E-state index contributed by atoms with van der Waals surface area (Å²) >= 11 is 0. The summed E-state index contributed by atoms with van der Waals surface area (Å²) in [6, 6.07) is -0.813. The van der Waals surface area contributed by atoms with Crippen molar-refractivity contribution in [3.05, 3.63) is 11.5 Å². The number of rotatable bonds is 4. The molecule has 9 heteroatoms. The zero-order valence-electron chi connectivity index (χ0n) is 13.2. The van der Waals surface area contributed by atoms with E-state index < -0.39 is 16.1 Å². The van der Waals surface area contributed by atoms with Crippen LogP contribution in [-0.4, -0.2) is 56.1 Å². The molecule has 0 saturated carbocycles. The van der Waals surface area contributed by atoms with Gasteiger partial charge in [-0.05, 0) is 27.7 Å². The number of sulfonamides is 1. The molecule has 1 amide bonds. The average molecular weight is 330 g/mol. The lowest BCUT2D eigenvalue weighted by Gasteiger charge is -2.35. The molecule has 0 spiro atoms. The molecule has 0 aromatic carbocycles. The number of hydrogen-bond donors (Lipinski definition) is 2. The van der Waals surface area contributed by atoms with Gasteiger partial charge in [-0.1, -0.05) is 5.16 Å². The maximum absolute atomic E-state index is 12.5. The van der Waals surface area contributed by atoms with E-state index >= 15 is 0 Å². The van der Waals surface area contributed by atoms with E-state index in [4.69, 9.17) is 4.52 Å². The average Bonchev–Trinajstić information content (AvgIpc) is 2.78. The molecule has 1 aliphatic heterocycles. The van der Waals surface area contributed by atoms with Crippen molar-refractivity contribution >= 4 is 15.9 Å². The molecule has 2 atom stereocenters. The Morgan fingerprint density at radius 2 is 2.18 bits per heavy atom. The topological polar surface area (TPSA) is 105 Å². The maximum Gasteiger partial charge on any atom is 0.246 e. The summed E-state index contributed by atoms with van der Waals surface area (Å²) in [6.07, 6.45) is 0. The molecular formula is C13H22N4O4S. The van der Waals surface area contributed by atoms with Crippen LogP contribution in [0.5, 0.6) is 0 Å². The van der Waals surface area contributed by atoms with E-state index in [0.29, 0.717) is 19.6 Å². The molecule has 1 saturated heterocycles. The first-order valence-corrected chi connectivity index (χ1v) is 8.68. The molecule has 1 unspecified atom stereocenters. The number of nitrogens with zero attached hydrogens (tertiary/aromatic N) is 2. The molecule has 0 bridgehead atoms. The Kier molecular flexibility index (Phi) is 4.88. The predicted molar refractivity (Wildman–Crippen MR) is 79.8 cm³/mol. The van der Waals surface area contributed by atoms with Crippen molar-refractivity contribution in [2.45, 2.75) is 44.7 Å². The van der Waals surface area contributed by atoms with Crippen LogP contribution >= 0.6 is 0 Å². The van der Waals surface area contributed by atoms with Crippen LogP contribution < -0.4 is 10.0 Å². The van der Waals surface area contributed by atoms with Crippen molar-refractivity contribution in [1.29, 1.82) is 0 Å². The van der Waals surface area contributed by atoms with Crippen molar-refractivity contribution in [1.82, 2.24) is 20.1 Å². The van der Waals surface area contributed by atoms with Crippen LogP contribution in [0.4, 0.5) is 0 Å². The van der Waals surface area contributed by atoms with Gasteiger partial charge in [-0.25, -0.2) is 8.42 Å². The first-order valence-electron chi connectivity index (χ1n) is 7.20. The highest BCUT2D eigenvalue weighted by molar-refractivity contribution is 7.89. The summed E-state index contributed by atoms with van der Waals surface area (Å²) in [5, 5.41) is 6.83. The van der Waals surface area contributed by atoms with E-state index in [-0.39, 0.29) is 28.3 Å². The molecule has 124 valence electrons. The van der Waals surface area contributed by atoms with Crippen LogP contribution in [0, 0.1) is 13.8 Å². The summed E-state index contributed by atoms with van der Waals surface area (Å²) in [5.41, 5.74) is 0.278. The SMILES string of the molecule is Cc1noc(C)c1S(=O)(=O)NC(C)C(=O)N1CCNC[C@H]1C. The van der Waals surface area contributed by atoms with Crippen molar-refractivity contribution in [3.8, 4) is 0 Å². The second kappa shape index (κ2) is 6.35. The molecule has 0 radical (unpaired) electrons. The van der Waals surface area contributed by atoms with E-state index in [1.807, 2.05) is 6.92 Å². The molecule has 1 aromatic rings. The van der Waals surface area contributed by atoms with E-state index in [0.717, 1.165) is 0 Å². The van der Waals surface area contributed by atoms with Crippen LogP contribution in [0.15, 0.2) is 9.42 Å². The number of carbonyl (C=O) groups excluding carboxylic acids is 1. The number of piperazine rings is 1. The summed E-state index contributed by atoms with van der Waals surface area (Å²) in [4.78, 5) is 14.1. The zero-order valence-corrected chi connectivity index (χ0v) is 14.0. The Labute approximate surface area is 130 Å². The van der Waals surface area contributed by atoms with Crippen molar-refractivity contribution in [3.63, 3.8) is 0 Å². The van der Waals surface area contributed by atoms with Crippen LogP contribution in [-0.2, 0) is 14.8 Å². The van der Waals surface area contributed by atoms with E-state index in [9.17, 15) is 13.2 Å². The second-order valence-electron chi connectivity index (χ2n) is 5.58. The van der Waals surface area contributed by atoms with E-state index in [1.165, 1.54) is 6.92 Å². The highest BCUT2D eigenvalue weighted by Gasteiger charge is 2.32. The van der Waals surface area contributed by atoms with Gasteiger partial charge in [-0.2, -0.15) is 4.72 Å². The lowest BCUT2D eigenvalue weighted by molar-refractivity contribution is -0.135. The van der Waals surface area contributed by atoms with E-state index in [2.05, 4.69) is 15.2 Å². The van der Waals surface area contributed by atoms with Crippen molar-refractivity contribution in [2.75, 3.05) is 19.6 Å². The molecule has 0 aliphatic carbocycles. The predicted octanol–water partition coefficient (Wildman–Crippen LogP) is -0.221. The van der Waals surface area contributed by atoms with Gasteiger partial charge in [0.15, 0.2) is 5.76 Å². The highest BCUT2D eigenvalue weighted by Crippen LogP contribution is 2.19. The first-order chi connectivity index (χ1) is 10.2. The quantitative estimate of drug-likeness (QED) is 0.791. The Morgan fingerprint density at radius 3 is 2.73 bits per heavy atom. The number of aromatic nitrogens is 1. The third-order valence-corrected chi connectivity index (χ3v) is 5.51. The molecule has 22 heavy (non-hydrogen) atoms. The molecule has 1 fully saturated rings. The standard InChI is InChI=1S/C13H22N4O4S/c1-8-7-14-5-6-17(8)13(18)10(3)16-22(19,20)12-9(2)15-21-11(12)4/h8,10,14,16H,5-7H2,1-4H3/t8-,10?/m1/s1. The Hall–Kier alpha value is -1.45. The van der Waals surface area contributed by atoms with E-state index in [1.54, 1.807) is 18.7 Å². The first kappa shape index (κ1) is 16.9. The summed E-state index contributed by atoms with van der Waals surface area (Å²) in [7, 11) is -3.85. The highest BCUT2D eigenvalue weighted by atomic mass is 32.2.